The predicted molar refractivity (Wildman–Crippen MR) is 109 cm³/mol. The number of nitrogens with one attached hydrogen (secondary N) is 1. The van der Waals surface area contributed by atoms with Gasteiger partial charge in [0.15, 0.2) is 11.5 Å². The number of hydrogen-bond acceptors (Lipinski definition) is 5. The third-order valence-corrected chi connectivity index (χ3v) is 4.08. The maximum Gasteiger partial charge on any atom is 0.266 e. The highest BCUT2D eigenvalue weighted by molar-refractivity contribution is 6.10. The molecule has 0 saturated heterocycles. The van der Waals surface area contributed by atoms with Gasteiger partial charge in [-0.05, 0) is 56.2 Å². The Morgan fingerprint density at radius 1 is 1.14 bits per heavy atom. The molecule has 2 aromatic rings. The first-order valence-corrected chi connectivity index (χ1v) is 8.82. The lowest BCUT2D eigenvalue weighted by atomic mass is 10.1. The van der Waals surface area contributed by atoms with Gasteiger partial charge < -0.3 is 19.5 Å². The van der Waals surface area contributed by atoms with Crippen LogP contribution in [0.1, 0.15) is 23.6 Å². The molecule has 0 spiro atoms. The molecule has 2 rings (SSSR count). The van der Waals surface area contributed by atoms with Gasteiger partial charge in [-0.3, -0.25) is 4.79 Å². The van der Waals surface area contributed by atoms with Crippen LogP contribution in [0.2, 0.25) is 0 Å². The van der Waals surface area contributed by atoms with Gasteiger partial charge >= 0.3 is 0 Å². The molecule has 0 unspecified atom stereocenters. The zero-order chi connectivity index (χ0) is 20.7. The number of aryl methyl sites for hydroxylation is 2. The third-order valence-electron chi connectivity index (χ3n) is 4.08. The molecule has 0 aliphatic heterocycles. The van der Waals surface area contributed by atoms with Crippen molar-refractivity contribution in [3.05, 3.63) is 52.6 Å². The molecule has 28 heavy (non-hydrogen) atoms. The largest absolute Gasteiger partial charge is 0.493 e. The predicted octanol–water partition coefficient (Wildman–Crippen LogP) is 4.27. The number of methoxy groups -OCH3 is 2. The first-order valence-electron chi connectivity index (χ1n) is 8.82. The van der Waals surface area contributed by atoms with E-state index in [-0.39, 0.29) is 5.57 Å². The van der Waals surface area contributed by atoms with E-state index in [1.54, 1.807) is 12.1 Å². The molecule has 0 radical (unpaired) electrons. The summed E-state index contributed by atoms with van der Waals surface area (Å²) in [6.07, 6.45) is 1.49. The maximum atomic E-state index is 12.6. The molecule has 0 aliphatic carbocycles. The van der Waals surface area contributed by atoms with Crippen LogP contribution in [0.5, 0.6) is 17.2 Å². The second-order valence-corrected chi connectivity index (χ2v) is 6.13. The van der Waals surface area contributed by atoms with Gasteiger partial charge in [-0.15, -0.1) is 0 Å². The monoisotopic (exact) mass is 380 g/mol. The standard InChI is InChI=1S/C22H24N2O4/c1-6-28-21-19(26-4)11-16(12-20(21)27-5)10-17(13-23)22(25)24-18-8-7-14(2)9-15(18)3/h7-12H,6H2,1-5H3,(H,24,25). The number of ether oxygens (including phenoxy) is 3. The number of amides is 1. The summed E-state index contributed by atoms with van der Waals surface area (Å²) in [4.78, 5) is 12.6. The Labute approximate surface area is 165 Å². The summed E-state index contributed by atoms with van der Waals surface area (Å²) in [5, 5.41) is 12.3. The summed E-state index contributed by atoms with van der Waals surface area (Å²) in [7, 11) is 3.03. The molecule has 0 saturated carbocycles. The minimum absolute atomic E-state index is 0.0340. The minimum atomic E-state index is -0.485. The fourth-order valence-corrected chi connectivity index (χ4v) is 2.73. The molecule has 2 aromatic carbocycles. The second kappa shape index (κ2) is 9.47. The number of rotatable bonds is 7. The highest BCUT2D eigenvalue weighted by Crippen LogP contribution is 2.39. The Kier molecular flexibility index (Phi) is 7.05. The third kappa shape index (κ3) is 4.83. The summed E-state index contributed by atoms with van der Waals surface area (Å²) in [6.45, 7) is 6.19. The van der Waals surface area contributed by atoms with E-state index in [1.807, 2.05) is 45.0 Å². The van der Waals surface area contributed by atoms with Gasteiger partial charge in [-0.2, -0.15) is 5.26 Å². The normalized spacial score (nSPS) is 10.8. The van der Waals surface area contributed by atoms with Gasteiger partial charge in [-0.25, -0.2) is 0 Å². The number of hydrogen-bond donors (Lipinski definition) is 1. The summed E-state index contributed by atoms with van der Waals surface area (Å²) in [5.41, 5.74) is 3.24. The van der Waals surface area contributed by atoms with E-state index in [0.717, 1.165) is 11.1 Å². The Balaban J connectivity index is 2.37. The number of anilines is 1. The molecule has 0 heterocycles. The Morgan fingerprint density at radius 2 is 1.79 bits per heavy atom. The van der Waals surface area contributed by atoms with Gasteiger partial charge in [0.2, 0.25) is 5.75 Å². The zero-order valence-corrected chi connectivity index (χ0v) is 16.8. The van der Waals surface area contributed by atoms with Gasteiger partial charge in [0.25, 0.3) is 5.91 Å². The van der Waals surface area contributed by atoms with Gasteiger partial charge in [0, 0.05) is 5.69 Å². The smallest absolute Gasteiger partial charge is 0.266 e. The Morgan fingerprint density at radius 3 is 2.29 bits per heavy atom. The van der Waals surface area contributed by atoms with E-state index in [4.69, 9.17) is 14.2 Å². The lowest BCUT2D eigenvalue weighted by Crippen LogP contribution is -2.14. The quantitative estimate of drug-likeness (QED) is 0.573. The van der Waals surface area contributed by atoms with Crippen molar-refractivity contribution in [2.45, 2.75) is 20.8 Å². The molecule has 0 aliphatic rings. The highest BCUT2D eigenvalue weighted by Gasteiger charge is 2.16. The fourth-order valence-electron chi connectivity index (χ4n) is 2.73. The van der Waals surface area contributed by atoms with Gasteiger partial charge in [-0.1, -0.05) is 17.7 Å². The van der Waals surface area contributed by atoms with Crippen LogP contribution >= 0.6 is 0 Å². The molecule has 146 valence electrons. The van der Waals surface area contributed by atoms with E-state index >= 15 is 0 Å². The number of carbonyl (C=O) groups excluding carboxylic acids is 1. The van der Waals surface area contributed by atoms with Crippen LogP contribution in [0.3, 0.4) is 0 Å². The van der Waals surface area contributed by atoms with E-state index in [1.165, 1.54) is 20.3 Å². The fraction of sp³-hybridized carbons (Fsp3) is 0.273. The van der Waals surface area contributed by atoms with E-state index < -0.39 is 5.91 Å². The SMILES string of the molecule is CCOc1c(OC)cc(C=C(C#N)C(=O)Nc2ccc(C)cc2C)cc1OC. The second-order valence-electron chi connectivity index (χ2n) is 6.13. The lowest BCUT2D eigenvalue weighted by Gasteiger charge is -2.14. The Hall–Kier alpha value is -3.46. The van der Waals surface area contributed by atoms with Crippen LogP contribution < -0.4 is 19.5 Å². The summed E-state index contributed by atoms with van der Waals surface area (Å²) < 4.78 is 16.3. The summed E-state index contributed by atoms with van der Waals surface area (Å²) in [6, 6.07) is 11.0. The summed E-state index contributed by atoms with van der Waals surface area (Å²) in [5.74, 6) is 0.906. The van der Waals surface area contributed by atoms with Crippen LogP contribution in [0.15, 0.2) is 35.9 Å². The van der Waals surface area contributed by atoms with E-state index in [2.05, 4.69) is 5.32 Å². The zero-order valence-electron chi connectivity index (χ0n) is 16.8. The van der Waals surface area contributed by atoms with Crippen LogP contribution in [0.25, 0.3) is 6.08 Å². The van der Waals surface area contributed by atoms with Crippen molar-refractivity contribution in [3.63, 3.8) is 0 Å². The average Bonchev–Trinajstić information content (AvgIpc) is 2.68. The van der Waals surface area contributed by atoms with Gasteiger partial charge in [0.1, 0.15) is 11.6 Å². The number of carbonyl (C=O) groups is 1. The molecule has 1 amide bonds. The highest BCUT2D eigenvalue weighted by atomic mass is 16.5. The first-order chi connectivity index (χ1) is 13.4. The molecule has 0 bridgehead atoms. The van der Waals surface area contributed by atoms with E-state index in [9.17, 15) is 10.1 Å². The van der Waals surface area contributed by atoms with Crippen LogP contribution in [-0.4, -0.2) is 26.7 Å². The van der Waals surface area contributed by atoms with Crippen LogP contribution in [0.4, 0.5) is 5.69 Å². The van der Waals surface area contributed by atoms with Crippen molar-refractivity contribution in [2.24, 2.45) is 0 Å². The van der Waals surface area contributed by atoms with Crippen molar-refractivity contribution in [3.8, 4) is 23.3 Å². The van der Waals surface area contributed by atoms with Crippen molar-refractivity contribution in [1.29, 1.82) is 5.26 Å². The molecule has 0 fully saturated rings. The molecule has 0 aromatic heterocycles. The van der Waals surface area contributed by atoms with Crippen molar-refractivity contribution in [1.82, 2.24) is 0 Å². The molecule has 0 atom stereocenters. The van der Waals surface area contributed by atoms with Crippen molar-refractivity contribution in [2.75, 3.05) is 26.1 Å². The average molecular weight is 380 g/mol. The maximum absolute atomic E-state index is 12.6. The van der Waals surface area contributed by atoms with Crippen LogP contribution in [-0.2, 0) is 4.79 Å². The molecule has 6 nitrogen and oxygen atoms in total. The van der Waals surface area contributed by atoms with Gasteiger partial charge in [0.05, 0.1) is 20.8 Å². The summed E-state index contributed by atoms with van der Waals surface area (Å²) >= 11 is 0. The lowest BCUT2D eigenvalue weighted by molar-refractivity contribution is -0.112. The van der Waals surface area contributed by atoms with Crippen molar-refractivity contribution < 1.29 is 19.0 Å². The number of benzene rings is 2. The molecular weight excluding hydrogens is 356 g/mol. The van der Waals surface area contributed by atoms with E-state index in [0.29, 0.717) is 35.1 Å². The number of nitrogens with zero attached hydrogens (tertiary/aromatic N) is 1. The minimum Gasteiger partial charge on any atom is -0.493 e. The topological polar surface area (TPSA) is 80.6 Å². The molecular formula is C22H24N2O4. The van der Waals surface area contributed by atoms with Crippen LogP contribution in [0, 0.1) is 25.2 Å². The first kappa shape index (κ1) is 20.8. The molecule has 1 N–H and O–H groups in total. The molecule has 6 heteroatoms. The van der Waals surface area contributed by atoms with Crippen molar-refractivity contribution >= 4 is 17.7 Å². The number of nitriles is 1. The Bertz CT molecular complexity index is 917.